The van der Waals surface area contributed by atoms with Crippen molar-refractivity contribution in [3.05, 3.63) is 18.5 Å². The van der Waals surface area contributed by atoms with Crippen LogP contribution < -0.4 is 0 Å². The van der Waals surface area contributed by atoms with Crippen molar-refractivity contribution >= 4 is 9.84 Å². The number of rotatable bonds is 1. The van der Waals surface area contributed by atoms with E-state index in [0.717, 1.165) is 12.6 Å². The Hall–Kier alpha value is -1.04. The minimum atomic E-state index is -3.59. The molecular formula is C5H4FN2O2S. The van der Waals surface area contributed by atoms with Gasteiger partial charge >= 0.3 is 0 Å². The molecule has 0 amide bonds. The van der Waals surface area contributed by atoms with Crippen LogP contribution in [0, 0.1) is 12.1 Å². The van der Waals surface area contributed by atoms with Gasteiger partial charge in [0.2, 0.25) is 5.95 Å². The molecule has 1 radical (unpaired) electrons. The average Bonchev–Trinajstić information content (AvgIpc) is 1.86. The molecule has 0 spiro atoms. The lowest BCUT2D eigenvalue weighted by molar-refractivity contribution is 0.534. The molecule has 0 atom stereocenters. The van der Waals surface area contributed by atoms with E-state index in [0.29, 0.717) is 0 Å². The smallest absolute Gasteiger partial charge is 0.233 e. The van der Waals surface area contributed by atoms with Crippen molar-refractivity contribution < 1.29 is 12.8 Å². The molecule has 0 aliphatic rings. The minimum absolute atomic E-state index is 0.597. The number of sulfone groups is 1. The Labute approximate surface area is 63.0 Å². The second-order valence-corrected chi connectivity index (χ2v) is 3.83. The van der Waals surface area contributed by atoms with Gasteiger partial charge in [0.25, 0.3) is 0 Å². The Morgan fingerprint density at radius 2 is 2.27 bits per heavy atom. The topological polar surface area (TPSA) is 59.9 Å². The molecule has 0 bridgehead atoms. The molecule has 0 aromatic carbocycles. The van der Waals surface area contributed by atoms with Gasteiger partial charge in [-0.05, 0) is 0 Å². The molecular weight excluding hydrogens is 171 g/mol. The zero-order valence-corrected chi connectivity index (χ0v) is 6.39. The number of aromatic nitrogens is 2. The first-order valence-electron chi connectivity index (χ1n) is 2.60. The summed E-state index contributed by atoms with van der Waals surface area (Å²) >= 11 is 0. The Morgan fingerprint density at radius 1 is 1.64 bits per heavy atom. The molecule has 0 aliphatic carbocycles. The van der Waals surface area contributed by atoms with E-state index in [4.69, 9.17) is 0 Å². The van der Waals surface area contributed by atoms with Crippen molar-refractivity contribution in [1.82, 2.24) is 9.97 Å². The fourth-order valence-corrected chi connectivity index (χ4v) is 1.08. The average molecular weight is 175 g/mol. The second-order valence-electron chi connectivity index (χ2n) is 1.88. The van der Waals surface area contributed by atoms with Crippen LogP contribution >= 0.6 is 0 Å². The van der Waals surface area contributed by atoms with Crippen molar-refractivity contribution in [2.24, 2.45) is 0 Å². The molecule has 1 rings (SSSR count). The second kappa shape index (κ2) is 2.54. The van der Waals surface area contributed by atoms with E-state index in [-0.39, 0.29) is 0 Å². The number of hydrogen-bond donors (Lipinski definition) is 0. The SMILES string of the molecule is CS(=O)(=O)c1[c]ncnc1F. The first-order valence-corrected chi connectivity index (χ1v) is 4.49. The highest BCUT2D eigenvalue weighted by molar-refractivity contribution is 7.90. The van der Waals surface area contributed by atoms with E-state index >= 15 is 0 Å². The summed E-state index contributed by atoms with van der Waals surface area (Å²) in [6, 6.07) is 0. The van der Waals surface area contributed by atoms with Gasteiger partial charge in [0.1, 0.15) is 17.4 Å². The predicted molar refractivity (Wildman–Crippen MR) is 33.9 cm³/mol. The molecule has 1 heterocycles. The van der Waals surface area contributed by atoms with Gasteiger partial charge in [-0.15, -0.1) is 0 Å². The number of halogens is 1. The fraction of sp³-hybridized carbons (Fsp3) is 0.200. The maximum Gasteiger partial charge on any atom is 0.235 e. The van der Waals surface area contributed by atoms with Gasteiger partial charge in [-0.25, -0.2) is 18.4 Å². The predicted octanol–water partition coefficient (Wildman–Crippen LogP) is -0.181. The molecule has 0 N–H and O–H groups in total. The summed E-state index contributed by atoms with van der Waals surface area (Å²) in [6.07, 6.45) is 3.76. The summed E-state index contributed by atoms with van der Waals surface area (Å²) in [7, 11) is -3.59. The summed E-state index contributed by atoms with van der Waals surface area (Å²) in [4.78, 5) is 5.72. The number of hydrogen-bond acceptors (Lipinski definition) is 4. The van der Waals surface area contributed by atoms with Crippen LogP contribution in [0.15, 0.2) is 11.2 Å². The van der Waals surface area contributed by atoms with Gasteiger partial charge in [-0.3, -0.25) is 0 Å². The van der Waals surface area contributed by atoms with Crippen LogP contribution in [-0.4, -0.2) is 24.6 Å². The van der Waals surface area contributed by atoms with E-state index in [1.807, 2.05) is 6.20 Å². The molecule has 1 aromatic rings. The summed E-state index contributed by atoms with van der Waals surface area (Å²) in [5, 5.41) is 0. The van der Waals surface area contributed by atoms with Gasteiger partial charge in [-0.2, -0.15) is 4.39 Å². The molecule has 59 valence electrons. The Balaban J connectivity index is 3.37. The molecule has 0 fully saturated rings. The van der Waals surface area contributed by atoms with Crippen molar-refractivity contribution in [3.8, 4) is 0 Å². The van der Waals surface area contributed by atoms with Crippen molar-refractivity contribution in [1.29, 1.82) is 0 Å². The first kappa shape index (κ1) is 8.06. The molecule has 4 nitrogen and oxygen atoms in total. The lowest BCUT2D eigenvalue weighted by Gasteiger charge is -1.94. The molecule has 1 aromatic heterocycles. The zero-order valence-electron chi connectivity index (χ0n) is 5.57. The van der Waals surface area contributed by atoms with Gasteiger partial charge in [0, 0.05) is 6.26 Å². The van der Waals surface area contributed by atoms with Crippen molar-refractivity contribution in [2.45, 2.75) is 4.90 Å². The van der Waals surface area contributed by atoms with Crippen LogP contribution in [0.2, 0.25) is 0 Å². The highest BCUT2D eigenvalue weighted by Gasteiger charge is 2.14. The van der Waals surface area contributed by atoms with Gasteiger partial charge in [0.15, 0.2) is 9.84 Å². The van der Waals surface area contributed by atoms with E-state index in [2.05, 4.69) is 9.97 Å². The van der Waals surface area contributed by atoms with Crippen LogP contribution in [0.1, 0.15) is 0 Å². The zero-order chi connectivity index (χ0) is 8.48. The first-order chi connectivity index (χ1) is 5.02. The van der Waals surface area contributed by atoms with Crippen LogP contribution in [0.25, 0.3) is 0 Å². The normalized spacial score (nSPS) is 11.5. The summed E-state index contributed by atoms with van der Waals surface area (Å²) < 4.78 is 33.9. The molecule has 6 heteroatoms. The van der Waals surface area contributed by atoms with Crippen LogP contribution in [0.4, 0.5) is 4.39 Å². The standard InChI is InChI=1S/C5H4FN2O2S/c1-11(9,10)4-2-7-3-8-5(4)6/h3H,1H3. The summed E-state index contributed by atoms with van der Waals surface area (Å²) in [5.74, 6) is -1.07. The van der Waals surface area contributed by atoms with Gasteiger partial charge in [0.05, 0.1) is 0 Å². The van der Waals surface area contributed by atoms with Crippen LogP contribution in [0.3, 0.4) is 0 Å². The van der Waals surface area contributed by atoms with Crippen LogP contribution in [0.5, 0.6) is 0 Å². The van der Waals surface area contributed by atoms with Gasteiger partial charge < -0.3 is 0 Å². The monoisotopic (exact) mass is 175 g/mol. The highest BCUT2D eigenvalue weighted by Crippen LogP contribution is 2.07. The van der Waals surface area contributed by atoms with Crippen LogP contribution in [-0.2, 0) is 9.84 Å². The fourth-order valence-electron chi connectivity index (χ4n) is 0.508. The van der Waals surface area contributed by atoms with E-state index in [9.17, 15) is 12.8 Å². The van der Waals surface area contributed by atoms with Crippen molar-refractivity contribution in [2.75, 3.05) is 6.26 Å². The van der Waals surface area contributed by atoms with E-state index in [1.165, 1.54) is 0 Å². The third-order valence-electron chi connectivity index (χ3n) is 0.953. The summed E-state index contributed by atoms with van der Waals surface area (Å²) in [5.41, 5.74) is 0. The lowest BCUT2D eigenvalue weighted by atomic mass is 10.7. The molecule has 0 unspecified atom stereocenters. The largest absolute Gasteiger partial charge is 0.235 e. The Morgan fingerprint density at radius 3 is 2.64 bits per heavy atom. The van der Waals surface area contributed by atoms with E-state index in [1.54, 1.807) is 0 Å². The van der Waals surface area contributed by atoms with E-state index < -0.39 is 20.7 Å². The molecule has 0 aliphatic heterocycles. The van der Waals surface area contributed by atoms with Gasteiger partial charge in [-0.1, -0.05) is 0 Å². The maximum absolute atomic E-state index is 12.5. The highest BCUT2D eigenvalue weighted by atomic mass is 32.2. The summed E-state index contributed by atoms with van der Waals surface area (Å²) in [6.45, 7) is 0. The Kier molecular flexibility index (Phi) is 1.86. The molecule has 11 heavy (non-hydrogen) atoms. The molecule has 0 saturated heterocycles. The molecule has 0 saturated carbocycles. The number of nitrogens with zero attached hydrogens (tertiary/aromatic N) is 2. The third kappa shape index (κ3) is 1.70. The Bertz CT molecular complexity index is 363. The quantitative estimate of drug-likeness (QED) is 0.555. The van der Waals surface area contributed by atoms with Crippen molar-refractivity contribution in [3.63, 3.8) is 0 Å². The lowest BCUT2D eigenvalue weighted by Crippen LogP contribution is -2.03. The third-order valence-corrected chi connectivity index (χ3v) is 1.95. The maximum atomic E-state index is 12.5. The minimum Gasteiger partial charge on any atom is -0.233 e.